The van der Waals surface area contributed by atoms with Gasteiger partial charge < -0.3 is 0 Å². The third kappa shape index (κ3) is 2.33. The zero-order valence-electron chi connectivity index (χ0n) is 12.6. The van der Waals surface area contributed by atoms with Crippen LogP contribution in [0.5, 0.6) is 0 Å². The van der Waals surface area contributed by atoms with Crippen LogP contribution in [-0.2, 0) is 6.18 Å². The van der Waals surface area contributed by atoms with E-state index in [1.54, 1.807) is 12.1 Å². The molecule has 0 aliphatic carbocycles. The van der Waals surface area contributed by atoms with Gasteiger partial charge in [0.15, 0.2) is 0 Å². The Morgan fingerprint density at radius 2 is 1.12 bits per heavy atom. The van der Waals surface area contributed by atoms with Crippen molar-refractivity contribution in [2.24, 2.45) is 0 Å². The van der Waals surface area contributed by atoms with Crippen LogP contribution in [-0.4, -0.2) is 0 Å². The molecular formula is C21H13F3. The normalized spacial score (nSPS) is 12.0. The summed E-state index contributed by atoms with van der Waals surface area (Å²) in [6.45, 7) is 0. The number of alkyl halides is 3. The highest BCUT2D eigenvalue weighted by atomic mass is 19.4. The molecular weight excluding hydrogens is 309 g/mol. The summed E-state index contributed by atoms with van der Waals surface area (Å²) >= 11 is 0. The fourth-order valence-corrected chi connectivity index (χ4v) is 3.24. The van der Waals surface area contributed by atoms with E-state index in [4.69, 9.17) is 0 Å². The minimum absolute atomic E-state index is 0.215. The van der Waals surface area contributed by atoms with Crippen LogP contribution < -0.4 is 0 Å². The van der Waals surface area contributed by atoms with Gasteiger partial charge in [0.2, 0.25) is 0 Å². The van der Waals surface area contributed by atoms with Gasteiger partial charge in [0.25, 0.3) is 0 Å². The zero-order valence-corrected chi connectivity index (χ0v) is 12.6. The van der Waals surface area contributed by atoms with Crippen molar-refractivity contribution in [3.8, 4) is 11.1 Å². The second-order valence-corrected chi connectivity index (χ2v) is 5.73. The molecule has 0 bridgehead atoms. The molecule has 0 saturated carbocycles. The average Bonchev–Trinajstić information content (AvgIpc) is 2.60. The maximum atomic E-state index is 13.4. The first-order valence-corrected chi connectivity index (χ1v) is 7.63. The molecule has 0 amide bonds. The molecule has 0 atom stereocenters. The van der Waals surface area contributed by atoms with E-state index >= 15 is 0 Å². The molecule has 0 nitrogen and oxygen atoms in total. The van der Waals surface area contributed by atoms with E-state index < -0.39 is 11.7 Å². The summed E-state index contributed by atoms with van der Waals surface area (Å²) in [5, 5.41) is 3.76. The van der Waals surface area contributed by atoms with Gasteiger partial charge in [0, 0.05) is 0 Å². The lowest BCUT2D eigenvalue weighted by Gasteiger charge is -2.16. The monoisotopic (exact) mass is 322 g/mol. The van der Waals surface area contributed by atoms with Crippen molar-refractivity contribution < 1.29 is 13.2 Å². The maximum Gasteiger partial charge on any atom is 0.417 e. The van der Waals surface area contributed by atoms with Crippen LogP contribution in [0.2, 0.25) is 0 Å². The molecule has 0 radical (unpaired) electrons. The highest BCUT2D eigenvalue weighted by Crippen LogP contribution is 2.41. The van der Waals surface area contributed by atoms with Crippen LogP contribution in [0, 0.1) is 0 Å². The van der Waals surface area contributed by atoms with E-state index in [9.17, 15) is 13.2 Å². The number of rotatable bonds is 1. The van der Waals surface area contributed by atoms with Crippen LogP contribution in [0.25, 0.3) is 32.7 Å². The van der Waals surface area contributed by atoms with E-state index in [1.807, 2.05) is 54.6 Å². The summed E-state index contributed by atoms with van der Waals surface area (Å²) in [5.74, 6) is 0. The molecule has 0 heterocycles. The van der Waals surface area contributed by atoms with E-state index in [0.29, 0.717) is 5.56 Å². The number of fused-ring (bicyclic) bond motifs is 3. The Balaban J connectivity index is 2.15. The molecule has 4 aromatic carbocycles. The Kier molecular flexibility index (Phi) is 3.31. The molecule has 0 aliphatic heterocycles. The van der Waals surface area contributed by atoms with Gasteiger partial charge in [-0.25, -0.2) is 0 Å². The average molecular weight is 322 g/mol. The molecule has 4 aromatic rings. The molecule has 4 rings (SSSR count). The summed E-state index contributed by atoms with van der Waals surface area (Å²) < 4.78 is 40.3. The van der Waals surface area contributed by atoms with Gasteiger partial charge in [-0.05, 0) is 44.8 Å². The van der Waals surface area contributed by atoms with Gasteiger partial charge in [0.05, 0.1) is 5.56 Å². The van der Waals surface area contributed by atoms with E-state index in [1.165, 1.54) is 6.07 Å². The highest BCUT2D eigenvalue weighted by molar-refractivity contribution is 6.13. The lowest BCUT2D eigenvalue weighted by Crippen LogP contribution is -2.07. The second-order valence-electron chi connectivity index (χ2n) is 5.73. The summed E-state index contributed by atoms with van der Waals surface area (Å²) in [4.78, 5) is 0. The van der Waals surface area contributed by atoms with Gasteiger partial charge in [-0.15, -0.1) is 0 Å². The van der Waals surface area contributed by atoms with Crippen LogP contribution in [0.4, 0.5) is 13.2 Å². The lowest BCUT2D eigenvalue weighted by molar-refractivity contribution is -0.137. The van der Waals surface area contributed by atoms with Gasteiger partial charge in [-0.2, -0.15) is 13.2 Å². The molecule has 0 aliphatic rings. The number of halogens is 3. The predicted molar refractivity (Wildman–Crippen MR) is 91.9 cm³/mol. The molecule has 118 valence electrons. The zero-order chi connectivity index (χ0) is 16.7. The standard InChI is InChI=1S/C21H13F3/c22-21(23,24)20-12-6-5-11-18(20)19-13-14-7-1-2-8-15(14)16-9-3-4-10-17(16)19/h1-13H. The quantitative estimate of drug-likeness (QED) is 0.343. The largest absolute Gasteiger partial charge is 0.417 e. The minimum atomic E-state index is -4.39. The molecule has 0 unspecified atom stereocenters. The van der Waals surface area contributed by atoms with Crippen LogP contribution in [0.1, 0.15) is 5.56 Å². The Bertz CT molecular complexity index is 1050. The molecule has 0 saturated heterocycles. The lowest BCUT2D eigenvalue weighted by atomic mass is 9.91. The Morgan fingerprint density at radius 3 is 1.88 bits per heavy atom. The maximum absolute atomic E-state index is 13.4. The van der Waals surface area contributed by atoms with Crippen molar-refractivity contribution in [1.82, 2.24) is 0 Å². The molecule has 3 heteroatoms. The third-order valence-electron chi connectivity index (χ3n) is 4.29. The molecule has 0 fully saturated rings. The Labute approximate surface area is 137 Å². The SMILES string of the molecule is FC(F)(F)c1ccccc1-c1cc2ccccc2c2ccccc12. The number of hydrogen-bond donors (Lipinski definition) is 0. The summed E-state index contributed by atoms with van der Waals surface area (Å²) in [6, 6.07) is 23.0. The Morgan fingerprint density at radius 1 is 0.542 bits per heavy atom. The van der Waals surface area contributed by atoms with E-state index in [-0.39, 0.29) is 5.56 Å². The fourth-order valence-electron chi connectivity index (χ4n) is 3.24. The molecule has 24 heavy (non-hydrogen) atoms. The van der Waals surface area contributed by atoms with Gasteiger partial charge >= 0.3 is 6.18 Å². The smallest absolute Gasteiger partial charge is 0.166 e. The van der Waals surface area contributed by atoms with Crippen LogP contribution >= 0.6 is 0 Å². The van der Waals surface area contributed by atoms with Crippen molar-refractivity contribution >= 4 is 21.5 Å². The van der Waals surface area contributed by atoms with Crippen LogP contribution in [0.15, 0.2) is 78.9 Å². The fraction of sp³-hybridized carbons (Fsp3) is 0.0476. The number of benzene rings is 4. The number of hydrogen-bond acceptors (Lipinski definition) is 0. The Hall–Kier alpha value is -2.81. The molecule has 0 N–H and O–H groups in total. The van der Waals surface area contributed by atoms with Gasteiger partial charge in [-0.3, -0.25) is 0 Å². The van der Waals surface area contributed by atoms with Crippen molar-refractivity contribution in [2.45, 2.75) is 6.18 Å². The molecule has 0 spiro atoms. The van der Waals surface area contributed by atoms with Crippen molar-refractivity contribution in [2.75, 3.05) is 0 Å². The first-order valence-electron chi connectivity index (χ1n) is 7.63. The summed E-state index contributed by atoms with van der Waals surface area (Å²) in [6.07, 6.45) is -4.39. The van der Waals surface area contributed by atoms with Gasteiger partial charge in [0.1, 0.15) is 0 Å². The summed E-state index contributed by atoms with van der Waals surface area (Å²) in [7, 11) is 0. The first-order chi connectivity index (χ1) is 11.6. The minimum Gasteiger partial charge on any atom is -0.166 e. The summed E-state index contributed by atoms with van der Waals surface area (Å²) in [5.41, 5.74) is 0.217. The predicted octanol–water partition coefficient (Wildman–Crippen LogP) is 6.68. The van der Waals surface area contributed by atoms with Crippen molar-refractivity contribution in [1.29, 1.82) is 0 Å². The second kappa shape index (κ2) is 5.38. The van der Waals surface area contributed by atoms with Gasteiger partial charge in [-0.1, -0.05) is 66.7 Å². The van der Waals surface area contributed by atoms with Crippen molar-refractivity contribution in [3.05, 3.63) is 84.4 Å². The van der Waals surface area contributed by atoms with E-state index in [2.05, 4.69) is 0 Å². The first kappa shape index (κ1) is 14.8. The van der Waals surface area contributed by atoms with Crippen LogP contribution in [0.3, 0.4) is 0 Å². The topological polar surface area (TPSA) is 0 Å². The third-order valence-corrected chi connectivity index (χ3v) is 4.29. The molecule has 0 aromatic heterocycles. The highest BCUT2D eigenvalue weighted by Gasteiger charge is 2.33. The van der Waals surface area contributed by atoms with E-state index in [0.717, 1.165) is 27.6 Å². The van der Waals surface area contributed by atoms with Crippen molar-refractivity contribution in [3.63, 3.8) is 0 Å².